The van der Waals surface area contributed by atoms with Crippen molar-refractivity contribution in [1.29, 1.82) is 0 Å². The second kappa shape index (κ2) is 5.64. The average molecular weight is 305 g/mol. The van der Waals surface area contributed by atoms with Crippen molar-refractivity contribution >= 4 is 45.2 Å². The van der Waals surface area contributed by atoms with Gasteiger partial charge in [0.2, 0.25) is 5.91 Å². The first-order valence-corrected chi connectivity index (χ1v) is 7.71. The number of amides is 1. The molecule has 20 heavy (non-hydrogen) atoms. The van der Waals surface area contributed by atoms with Gasteiger partial charge in [0.1, 0.15) is 5.52 Å². The molecule has 0 aliphatic rings. The molecule has 2 heterocycles. The van der Waals surface area contributed by atoms with Crippen molar-refractivity contribution in [3.05, 3.63) is 35.3 Å². The molecule has 1 N–H and O–H groups in total. The topological polar surface area (TPSA) is 68.0 Å². The molecule has 0 bridgehead atoms. The van der Waals surface area contributed by atoms with Gasteiger partial charge in [-0.1, -0.05) is 23.9 Å². The first-order chi connectivity index (χ1) is 9.70. The molecular weight excluding hydrogens is 294 g/mol. The largest absolute Gasteiger partial charge is 0.431 e. The van der Waals surface area contributed by atoms with Crippen LogP contribution in [0.3, 0.4) is 0 Å². The van der Waals surface area contributed by atoms with E-state index in [0.717, 1.165) is 16.0 Å². The minimum Gasteiger partial charge on any atom is -0.431 e. The van der Waals surface area contributed by atoms with E-state index in [2.05, 4.69) is 15.3 Å². The Kier molecular flexibility index (Phi) is 3.70. The van der Waals surface area contributed by atoms with Gasteiger partial charge in [-0.2, -0.15) is 0 Å². The van der Waals surface area contributed by atoms with Crippen LogP contribution in [-0.2, 0) is 4.79 Å². The van der Waals surface area contributed by atoms with Crippen LogP contribution < -0.4 is 5.32 Å². The van der Waals surface area contributed by atoms with Crippen LogP contribution in [0.1, 0.15) is 4.88 Å². The molecule has 2 aromatic heterocycles. The Morgan fingerprint density at radius 2 is 2.30 bits per heavy atom. The number of hydrogen-bond acceptors (Lipinski definition) is 6. The summed E-state index contributed by atoms with van der Waals surface area (Å²) >= 11 is 2.72. The zero-order valence-electron chi connectivity index (χ0n) is 10.6. The number of carbonyl (C=O) groups excluding carboxylic acids is 1. The van der Waals surface area contributed by atoms with Crippen LogP contribution >= 0.6 is 23.1 Å². The van der Waals surface area contributed by atoms with E-state index in [0.29, 0.717) is 10.4 Å². The predicted octanol–water partition coefficient (Wildman–Crippen LogP) is 3.32. The molecule has 0 saturated heterocycles. The van der Waals surface area contributed by atoms with Crippen LogP contribution in [0, 0.1) is 6.92 Å². The molecule has 3 aromatic rings. The van der Waals surface area contributed by atoms with Crippen LogP contribution in [0.25, 0.3) is 11.1 Å². The number of benzene rings is 1. The van der Waals surface area contributed by atoms with Gasteiger partial charge in [0.05, 0.1) is 5.75 Å². The van der Waals surface area contributed by atoms with Crippen molar-refractivity contribution in [2.45, 2.75) is 12.1 Å². The van der Waals surface area contributed by atoms with Gasteiger partial charge in [0.15, 0.2) is 10.7 Å². The third kappa shape index (κ3) is 3.00. The Morgan fingerprint density at radius 1 is 1.45 bits per heavy atom. The maximum Gasteiger partial charge on any atom is 0.257 e. The van der Waals surface area contributed by atoms with Crippen molar-refractivity contribution in [3.63, 3.8) is 0 Å². The lowest BCUT2D eigenvalue weighted by Crippen LogP contribution is -2.13. The van der Waals surface area contributed by atoms with Crippen LogP contribution in [0.4, 0.5) is 5.13 Å². The maximum atomic E-state index is 11.8. The second-order valence-corrected chi connectivity index (χ2v) is 6.22. The van der Waals surface area contributed by atoms with Crippen molar-refractivity contribution in [3.8, 4) is 0 Å². The van der Waals surface area contributed by atoms with Crippen molar-refractivity contribution in [2.75, 3.05) is 11.1 Å². The van der Waals surface area contributed by atoms with E-state index in [1.807, 2.05) is 31.2 Å². The van der Waals surface area contributed by atoms with Gasteiger partial charge in [-0.25, -0.2) is 9.97 Å². The third-order valence-corrected chi connectivity index (χ3v) is 4.12. The van der Waals surface area contributed by atoms with Crippen LogP contribution in [0.15, 0.2) is 40.1 Å². The van der Waals surface area contributed by atoms with Gasteiger partial charge in [-0.15, -0.1) is 11.3 Å². The molecular formula is C13H11N3O2S2. The van der Waals surface area contributed by atoms with Gasteiger partial charge in [-0.3, -0.25) is 4.79 Å². The quantitative estimate of drug-likeness (QED) is 0.749. The molecule has 0 aliphatic carbocycles. The number of nitrogens with one attached hydrogen (secondary N) is 1. The van der Waals surface area contributed by atoms with Crippen molar-refractivity contribution in [1.82, 2.24) is 9.97 Å². The minimum atomic E-state index is -0.119. The molecule has 7 heteroatoms. The highest BCUT2D eigenvalue weighted by Gasteiger charge is 2.10. The van der Waals surface area contributed by atoms with Gasteiger partial charge in [0.25, 0.3) is 5.22 Å². The van der Waals surface area contributed by atoms with Crippen LogP contribution in [0.5, 0.6) is 0 Å². The first-order valence-electron chi connectivity index (χ1n) is 5.91. The maximum absolute atomic E-state index is 11.8. The first kappa shape index (κ1) is 13.1. The molecule has 0 atom stereocenters. The summed E-state index contributed by atoms with van der Waals surface area (Å²) in [5, 5.41) is 3.86. The summed E-state index contributed by atoms with van der Waals surface area (Å²) in [4.78, 5) is 21.2. The standard InChI is InChI=1S/C13H11N3O2S2/c1-8-6-14-12(20-8)16-11(17)7-19-13-15-9-4-2-3-5-10(9)18-13/h2-6H,7H2,1H3,(H,14,16,17). The number of anilines is 1. The summed E-state index contributed by atoms with van der Waals surface area (Å²) in [6.45, 7) is 1.94. The smallest absolute Gasteiger partial charge is 0.257 e. The molecule has 0 saturated carbocycles. The fraction of sp³-hybridized carbons (Fsp3) is 0.154. The van der Waals surface area contributed by atoms with Gasteiger partial charge in [0, 0.05) is 11.1 Å². The highest BCUT2D eigenvalue weighted by atomic mass is 32.2. The number of fused-ring (bicyclic) bond motifs is 1. The fourth-order valence-electron chi connectivity index (χ4n) is 1.61. The van der Waals surface area contributed by atoms with Crippen molar-refractivity contribution < 1.29 is 9.21 Å². The van der Waals surface area contributed by atoms with E-state index in [-0.39, 0.29) is 11.7 Å². The van der Waals surface area contributed by atoms with E-state index in [9.17, 15) is 4.79 Å². The van der Waals surface area contributed by atoms with E-state index in [1.165, 1.54) is 23.1 Å². The fourth-order valence-corrected chi connectivity index (χ4v) is 2.93. The lowest BCUT2D eigenvalue weighted by molar-refractivity contribution is -0.113. The monoisotopic (exact) mass is 305 g/mol. The molecule has 102 valence electrons. The Hall–Kier alpha value is -1.86. The number of aromatic nitrogens is 2. The van der Waals surface area contributed by atoms with Gasteiger partial charge < -0.3 is 9.73 Å². The number of hydrogen-bond donors (Lipinski definition) is 1. The Labute approximate surface area is 123 Å². The number of nitrogens with zero attached hydrogens (tertiary/aromatic N) is 2. The third-order valence-electron chi connectivity index (χ3n) is 2.47. The summed E-state index contributed by atoms with van der Waals surface area (Å²) in [6, 6.07) is 7.52. The number of carbonyl (C=O) groups is 1. The SMILES string of the molecule is Cc1cnc(NC(=O)CSc2nc3ccccc3o2)s1. The minimum absolute atomic E-state index is 0.119. The Bertz CT molecular complexity index is 718. The predicted molar refractivity (Wildman–Crippen MR) is 80.2 cm³/mol. The number of thioether (sulfide) groups is 1. The lowest BCUT2D eigenvalue weighted by Gasteiger charge is -1.98. The van der Waals surface area contributed by atoms with E-state index in [4.69, 9.17) is 4.42 Å². The molecule has 0 aliphatic heterocycles. The molecule has 5 nitrogen and oxygen atoms in total. The molecule has 1 amide bonds. The lowest BCUT2D eigenvalue weighted by atomic mass is 10.3. The molecule has 1 aromatic carbocycles. The van der Waals surface area contributed by atoms with E-state index in [1.54, 1.807) is 6.20 Å². The summed E-state index contributed by atoms with van der Waals surface area (Å²) in [5.41, 5.74) is 1.52. The van der Waals surface area contributed by atoms with E-state index >= 15 is 0 Å². The highest BCUT2D eigenvalue weighted by Crippen LogP contribution is 2.23. The number of thiazole rings is 1. The molecule has 0 spiro atoms. The zero-order chi connectivity index (χ0) is 13.9. The van der Waals surface area contributed by atoms with Gasteiger partial charge in [-0.05, 0) is 19.1 Å². The normalized spacial score (nSPS) is 10.8. The molecule has 3 rings (SSSR count). The highest BCUT2D eigenvalue weighted by molar-refractivity contribution is 7.99. The van der Waals surface area contributed by atoms with Gasteiger partial charge >= 0.3 is 0 Å². The Balaban J connectivity index is 1.59. The molecule has 0 unspecified atom stereocenters. The van der Waals surface area contributed by atoms with Crippen LogP contribution in [-0.4, -0.2) is 21.6 Å². The average Bonchev–Trinajstić information content (AvgIpc) is 3.02. The Morgan fingerprint density at radius 3 is 3.05 bits per heavy atom. The molecule has 0 radical (unpaired) electrons. The number of para-hydroxylation sites is 2. The van der Waals surface area contributed by atoms with E-state index < -0.39 is 0 Å². The zero-order valence-corrected chi connectivity index (χ0v) is 12.3. The number of rotatable bonds is 4. The second-order valence-electron chi connectivity index (χ2n) is 4.06. The summed E-state index contributed by atoms with van der Waals surface area (Å²) in [6.07, 6.45) is 1.73. The number of aryl methyl sites for hydroxylation is 1. The van der Waals surface area contributed by atoms with Crippen LogP contribution in [0.2, 0.25) is 0 Å². The summed E-state index contributed by atoms with van der Waals surface area (Å²) in [5.74, 6) is 0.123. The summed E-state index contributed by atoms with van der Waals surface area (Å²) in [7, 11) is 0. The summed E-state index contributed by atoms with van der Waals surface area (Å²) < 4.78 is 5.53. The number of oxazole rings is 1. The molecule has 0 fully saturated rings. The van der Waals surface area contributed by atoms with Crippen molar-refractivity contribution in [2.24, 2.45) is 0 Å².